The van der Waals surface area contributed by atoms with Gasteiger partial charge in [-0.2, -0.15) is 0 Å². The van der Waals surface area contributed by atoms with Crippen LogP contribution in [0.25, 0.3) is 0 Å². The van der Waals surface area contributed by atoms with Gasteiger partial charge in [-0.1, -0.05) is 42.5 Å². The summed E-state index contributed by atoms with van der Waals surface area (Å²) in [5.74, 6) is 0.690. The number of rotatable bonds is 4. The lowest BCUT2D eigenvalue weighted by molar-refractivity contribution is -0.126. The summed E-state index contributed by atoms with van der Waals surface area (Å²) >= 11 is 0. The number of hydrogen-bond donors (Lipinski definition) is 2. The summed E-state index contributed by atoms with van der Waals surface area (Å²) in [5, 5.41) is 12.3. The standard InChI is InChI=1S/C18H19NO3/c20-11-15-7-2-1-6-14(15)10-19-18(21)16-9-13-5-3-4-8-17(13)22-12-16/h1-8,16,20H,9-12H2,(H,19,21). The van der Waals surface area contributed by atoms with Crippen molar-refractivity contribution in [1.29, 1.82) is 0 Å². The van der Waals surface area contributed by atoms with Crippen LogP contribution in [0.3, 0.4) is 0 Å². The van der Waals surface area contributed by atoms with E-state index in [1.807, 2.05) is 48.5 Å². The predicted octanol–water partition coefficient (Wildman–Crippen LogP) is 2.05. The molecule has 1 heterocycles. The highest BCUT2D eigenvalue weighted by atomic mass is 16.5. The van der Waals surface area contributed by atoms with Crippen molar-refractivity contribution in [3.63, 3.8) is 0 Å². The number of carbonyl (C=O) groups is 1. The van der Waals surface area contributed by atoms with Crippen molar-refractivity contribution >= 4 is 5.91 Å². The van der Waals surface area contributed by atoms with E-state index in [-0.39, 0.29) is 18.4 Å². The number of aliphatic hydroxyl groups is 1. The zero-order valence-corrected chi connectivity index (χ0v) is 12.3. The Hall–Kier alpha value is -2.33. The molecule has 1 unspecified atom stereocenters. The molecule has 0 aliphatic carbocycles. The van der Waals surface area contributed by atoms with Crippen molar-refractivity contribution in [2.45, 2.75) is 19.6 Å². The minimum absolute atomic E-state index is 0.0118. The number of para-hydroxylation sites is 1. The number of ether oxygens (including phenoxy) is 1. The van der Waals surface area contributed by atoms with Crippen molar-refractivity contribution < 1.29 is 14.6 Å². The largest absolute Gasteiger partial charge is 0.492 e. The van der Waals surface area contributed by atoms with Crippen molar-refractivity contribution in [3.8, 4) is 5.75 Å². The van der Waals surface area contributed by atoms with E-state index < -0.39 is 0 Å². The van der Waals surface area contributed by atoms with E-state index in [9.17, 15) is 9.90 Å². The Balaban J connectivity index is 1.61. The first kappa shape index (κ1) is 14.6. The van der Waals surface area contributed by atoms with Crippen LogP contribution in [0, 0.1) is 5.92 Å². The van der Waals surface area contributed by atoms with Crippen molar-refractivity contribution in [2.24, 2.45) is 5.92 Å². The van der Waals surface area contributed by atoms with Gasteiger partial charge >= 0.3 is 0 Å². The SMILES string of the molecule is O=C(NCc1ccccc1CO)C1COc2ccccc2C1. The molecule has 0 spiro atoms. The second-order valence-electron chi connectivity index (χ2n) is 5.46. The molecule has 1 atom stereocenters. The first-order chi connectivity index (χ1) is 10.8. The van der Waals surface area contributed by atoms with E-state index in [0.717, 1.165) is 22.4 Å². The van der Waals surface area contributed by atoms with Gasteiger partial charge < -0.3 is 15.2 Å². The molecule has 0 radical (unpaired) electrons. The maximum atomic E-state index is 12.3. The Morgan fingerprint density at radius 3 is 2.68 bits per heavy atom. The quantitative estimate of drug-likeness (QED) is 0.908. The number of amides is 1. The van der Waals surface area contributed by atoms with Crippen LogP contribution >= 0.6 is 0 Å². The van der Waals surface area contributed by atoms with Gasteiger partial charge in [-0.3, -0.25) is 4.79 Å². The molecule has 114 valence electrons. The summed E-state index contributed by atoms with van der Waals surface area (Å²) in [6.07, 6.45) is 0.698. The van der Waals surface area contributed by atoms with Gasteiger partial charge in [0, 0.05) is 6.54 Å². The van der Waals surface area contributed by atoms with Crippen LogP contribution in [0.1, 0.15) is 16.7 Å². The average molecular weight is 297 g/mol. The van der Waals surface area contributed by atoms with Gasteiger partial charge in [0.1, 0.15) is 12.4 Å². The first-order valence-corrected chi connectivity index (χ1v) is 7.44. The topological polar surface area (TPSA) is 58.6 Å². The van der Waals surface area contributed by atoms with Crippen LogP contribution in [0.2, 0.25) is 0 Å². The summed E-state index contributed by atoms with van der Waals surface area (Å²) < 4.78 is 5.65. The van der Waals surface area contributed by atoms with Gasteiger partial charge in [0.25, 0.3) is 0 Å². The molecule has 2 aromatic carbocycles. The lowest BCUT2D eigenvalue weighted by atomic mass is 9.96. The predicted molar refractivity (Wildman–Crippen MR) is 83.3 cm³/mol. The Bertz CT molecular complexity index is 669. The van der Waals surface area contributed by atoms with Gasteiger partial charge in [-0.25, -0.2) is 0 Å². The number of carbonyl (C=O) groups excluding carboxylic acids is 1. The van der Waals surface area contributed by atoms with Crippen molar-refractivity contribution in [2.75, 3.05) is 6.61 Å². The summed E-state index contributed by atoms with van der Waals surface area (Å²) in [7, 11) is 0. The van der Waals surface area contributed by atoms with E-state index in [0.29, 0.717) is 19.6 Å². The first-order valence-electron chi connectivity index (χ1n) is 7.44. The van der Waals surface area contributed by atoms with E-state index in [2.05, 4.69) is 5.32 Å². The summed E-state index contributed by atoms with van der Waals surface area (Å²) in [6.45, 7) is 0.810. The Morgan fingerprint density at radius 1 is 1.14 bits per heavy atom. The molecule has 0 fully saturated rings. The second-order valence-corrected chi connectivity index (χ2v) is 5.46. The molecule has 4 nitrogen and oxygen atoms in total. The van der Waals surface area contributed by atoms with Crippen LogP contribution in [-0.2, 0) is 24.4 Å². The number of aliphatic hydroxyl groups excluding tert-OH is 1. The van der Waals surface area contributed by atoms with Crippen LogP contribution in [0.5, 0.6) is 5.75 Å². The van der Waals surface area contributed by atoms with Gasteiger partial charge in [0.05, 0.1) is 12.5 Å². The zero-order chi connectivity index (χ0) is 15.4. The third-order valence-electron chi connectivity index (χ3n) is 3.99. The van der Waals surface area contributed by atoms with Gasteiger partial charge in [0.2, 0.25) is 5.91 Å². The third kappa shape index (κ3) is 3.12. The summed E-state index contributed by atoms with van der Waals surface area (Å²) in [4.78, 5) is 12.3. The molecule has 2 N–H and O–H groups in total. The number of fused-ring (bicyclic) bond motifs is 1. The maximum absolute atomic E-state index is 12.3. The molecule has 1 aliphatic heterocycles. The summed E-state index contributed by atoms with van der Waals surface area (Å²) in [5.41, 5.74) is 2.85. The second kappa shape index (κ2) is 6.62. The van der Waals surface area contributed by atoms with E-state index in [1.165, 1.54) is 0 Å². The van der Waals surface area contributed by atoms with Gasteiger partial charge in [-0.05, 0) is 29.2 Å². The molecule has 1 aliphatic rings. The van der Waals surface area contributed by atoms with Gasteiger partial charge in [-0.15, -0.1) is 0 Å². The Labute approximate surface area is 129 Å². The fourth-order valence-corrected chi connectivity index (χ4v) is 2.71. The fraction of sp³-hybridized carbons (Fsp3) is 0.278. The molecule has 2 aromatic rings. The van der Waals surface area contributed by atoms with Crippen LogP contribution in [-0.4, -0.2) is 17.6 Å². The molecular weight excluding hydrogens is 278 g/mol. The highest BCUT2D eigenvalue weighted by molar-refractivity contribution is 5.79. The summed E-state index contributed by atoms with van der Waals surface area (Å²) in [6, 6.07) is 15.4. The zero-order valence-electron chi connectivity index (χ0n) is 12.3. The monoisotopic (exact) mass is 297 g/mol. The fourth-order valence-electron chi connectivity index (χ4n) is 2.71. The number of benzene rings is 2. The third-order valence-corrected chi connectivity index (χ3v) is 3.99. The smallest absolute Gasteiger partial charge is 0.227 e. The molecule has 0 saturated heterocycles. The maximum Gasteiger partial charge on any atom is 0.227 e. The van der Waals surface area contributed by atoms with E-state index in [1.54, 1.807) is 0 Å². The van der Waals surface area contributed by atoms with E-state index in [4.69, 9.17) is 4.74 Å². The lowest BCUT2D eigenvalue weighted by Gasteiger charge is -2.24. The van der Waals surface area contributed by atoms with Crippen LogP contribution in [0.4, 0.5) is 0 Å². The molecule has 0 aromatic heterocycles. The molecule has 22 heavy (non-hydrogen) atoms. The number of hydrogen-bond acceptors (Lipinski definition) is 3. The van der Waals surface area contributed by atoms with Crippen LogP contribution < -0.4 is 10.1 Å². The van der Waals surface area contributed by atoms with Crippen molar-refractivity contribution in [1.82, 2.24) is 5.32 Å². The number of nitrogens with one attached hydrogen (secondary N) is 1. The molecule has 4 heteroatoms. The minimum Gasteiger partial charge on any atom is -0.492 e. The van der Waals surface area contributed by atoms with Gasteiger partial charge in [0.15, 0.2) is 0 Å². The Morgan fingerprint density at radius 2 is 1.86 bits per heavy atom. The average Bonchev–Trinajstić information content (AvgIpc) is 2.59. The molecule has 0 saturated carbocycles. The van der Waals surface area contributed by atoms with Crippen LogP contribution in [0.15, 0.2) is 48.5 Å². The molecule has 3 rings (SSSR count). The normalized spacial score (nSPS) is 16.5. The lowest BCUT2D eigenvalue weighted by Crippen LogP contribution is -2.37. The van der Waals surface area contributed by atoms with E-state index >= 15 is 0 Å². The molecular formula is C18H19NO3. The molecule has 0 bridgehead atoms. The minimum atomic E-state index is -0.170. The van der Waals surface area contributed by atoms with Crippen molar-refractivity contribution in [3.05, 3.63) is 65.2 Å². The molecule has 1 amide bonds. The highest BCUT2D eigenvalue weighted by Crippen LogP contribution is 2.26. The Kier molecular flexibility index (Phi) is 4.39. The highest BCUT2D eigenvalue weighted by Gasteiger charge is 2.25.